The highest BCUT2D eigenvalue weighted by Crippen LogP contribution is 2.31. The van der Waals surface area contributed by atoms with Crippen LogP contribution in [0.5, 0.6) is 0 Å². The summed E-state index contributed by atoms with van der Waals surface area (Å²) in [7, 11) is -3.88. The number of hydrogen-bond acceptors (Lipinski definition) is 6. The van der Waals surface area contributed by atoms with Gasteiger partial charge in [0, 0.05) is 29.5 Å². The molecule has 0 bridgehead atoms. The minimum atomic E-state index is -3.88. The number of aliphatic imine (C=N–C) groups is 1. The molecule has 1 fully saturated rings. The van der Waals surface area contributed by atoms with Gasteiger partial charge >= 0.3 is 0 Å². The number of amides is 1. The van der Waals surface area contributed by atoms with E-state index in [0.29, 0.717) is 27.9 Å². The Morgan fingerprint density at radius 2 is 1.68 bits per heavy atom. The average molecular weight is 536 g/mol. The van der Waals surface area contributed by atoms with E-state index in [2.05, 4.69) is 4.99 Å². The van der Waals surface area contributed by atoms with Crippen molar-refractivity contribution in [3.05, 3.63) is 90.0 Å². The highest BCUT2D eigenvalue weighted by molar-refractivity contribution is 8.14. The summed E-state index contributed by atoms with van der Waals surface area (Å²) in [5.74, 6) is 0.374. The molecule has 1 unspecified atom stereocenters. The lowest BCUT2D eigenvalue weighted by Crippen LogP contribution is -2.39. The van der Waals surface area contributed by atoms with Crippen LogP contribution in [0.15, 0.2) is 88.8 Å². The number of thioether (sulfide) groups is 1. The first-order chi connectivity index (χ1) is 17.8. The molecule has 37 heavy (non-hydrogen) atoms. The molecule has 3 aromatic rings. The highest BCUT2D eigenvalue weighted by Gasteiger charge is 2.35. The molecule has 192 valence electrons. The maximum Gasteiger partial charge on any atom is 0.264 e. The number of nitrogens with zero attached hydrogens (tertiary/aromatic N) is 3. The van der Waals surface area contributed by atoms with Crippen molar-refractivity contribution < 1.29 is 18.0 Å². The van der Waals surface area contributed by atoms with Gasteiger partial charge in [0.1, 0.15) is 0 Å². The standard InChI is InChI=1S/C28H29N3O4S2/c1-4-24-19-36-28(29-23-16-14-21(15-17-23)20(3)32)31(24)27(33)22-10-9-13-26(18-22)37(34,35)30(5-2)25-11-7-6-8-12-25/h6-18,24H,4-5,19H2,1-3H3. The number of para-hydroxylation sites is 1. The number of benzene rings is 3. The molecule has 1 aliphatic heterocycles. The second-order valence-electron chi connectivity index (χ2n) is 8.58. The number of ketones is 1. The van der Waals surface area contributed by atoms with Crippen LogP contribution < -0.4 is 4.31 Å². The van der Waals surface area contributed by atoms with Crippen LogP contribution in [0.4, 0.5) is 11.4 Å². The first-order valence-corrected chi connectivity index (χ1v) is 14.5. The van der Waals surface area contributed by atoms with Gasteiger partial charge < -0.3 is 0 Å². The van der Waals surface area contributed by atoms with E-state index in [0.717, 1.165) is 6.42 Å². The van der Waals surface area contributed by atoms with E-state index >= 15 is 0 Å². The Morgan fingerprint density at radius 1 is 0.973 bits per heavy atom. The lowest BCUT2D eigenvalue weighted by Gasteiger charge is -2.25. The molecule has 1 amide bonds. The van der Waals surface area contributed by atoms with E-state index in [-0.39, 0.29) is 34.7 Å². The summed E-state index contributed by atoms with van der Waals surface area (Å²) >= 11 is 1.49. The maximum absolute atomic E-state index is 13.7. The molecule has 0 spiro atoms. The van der Waals surface area contributed by atoms with E-state index in [4.69, 9.17) is 0 Å². The lowest BCUT2D eigenvalue weighted by molar-refractivity contribution is 0.0818. The summed E-state index contributed by atoms with van der Waals surface area (Å²) in [4.78, 5) is 31.7. The number of carbonyl (C=O) groups excluding carboxylic acids is 2. The number of carbonyl (C=O) groups is 2. The second-order valence-corrected chi connectivity index (χ2v) is 11.4. The predicted molar refractivity (Wildman–Crippen MR) is 149 cm³/mol. The van der Waals surface area contributed by atoms with Crippen LogP contribution in [0.3, 0.4) is 0 Å². The van der Waals surface area contributed by atoms with Gasteiger partial charge in [0.15, 0.2) is 11.0 Å². The van der Waals surface area contributed by atoms with Crippen molar-refractivity contribution in [2.24, 2.45) is 4.99 Å². The van der Waals surface area contributed by atoms with Crippen LogP contribution in [0.2, 0.25) is 0 Å². The summed E-state index contributed by atoms with van der Waals surface area (Å²) in [5, 5.41) is 0.556. The Bertz CT molecular complexity index is 1420. The normalized spacial score (nSPS) is 16.7. The Morgan fingerprint density at radius 3 is 2.30 bits per heavy atom. The number of Topliss-reactive ketones (excluding diaryl/α,β-unsaturated/α-hetero) is 1. The van der Waals surface area contributed by atoms with Gasteiger partial charge in [0.2, 0.25) is 0 Å². The molecular weight excluding hydrogens is 506 g/mol. The lowest BCUT2D eigenvalue weighted by atomic mass is 10.1. The number of amidine groups is 1. The topological polar surface area (TPSA) is 87.1 Å². The Kier molecular flexibility index (Phi) is 8.14. The first kappa shape index (κ1) is 26.6. The van der Waals surface area contributed by atoms with Gasteiger partial charge in [-0.15, -0.1) is 0 Å². The van der Waals surface area contributed by atoms with Crippen molar-refractivity contribution in [3.63, 3.8) is 0 Å². The Balaban J connectivity index is 1.67. The van der Waals surface area contributed by atoms with Crippen LogP contribution in [0.25, 0.3) is 0 Å². The highest BCUT2D eigenvalue weighted by atomic mass is 32.2. The molecule has 0 saturated carbocycles. The quantitative estimate of drug-likeness (QED) is 0.342. The Hall–Kier alpha value is -3.43. The molecule has 4 rings (SSSR count). The van der Waals surface area contributed by atoms with Crippen molar-refractivity contribution in [2.45, 2.75) is 38.1 Å². The zero-order valence-electron chi connectivity index (χ0n) is 21.0. The second kappa shape index (κ2) is 11.3. The van der Waals surface area contributed by atoms with Crippen molar-refractivity contribution in [1.82, 2.24) is 4.90 Å². The fourth-order valence-electron chi connectivity index (χ4n) is 4.13. The zero-order valence-corrected chi connectivity index (χ0v) is 22.6. The molecule has 0 aliphatic carbocycles. The van der Waals surface area contributed by atoms with Crippen molar-refractivity contribution in [3.8, 4) is 0 Å². The third-order valence-corrected chi connectivity index (χ3v) is 9.16. The summed E-state index contributed by atoms with van der Waals surface area (Å²) in [5.41, 5.74) is 2.08. The monoisotopic (exact) mass is 535 g/mol. The molecular formula is C28H29N3O4S2. The molecule has 3 aromatic carbocycles. The first-order valence-electron chi connectivity index (χ1n) is 12.1. The molecule has 0 radical (unpaired) electrons. The molecule has 9 heteroatoms. The van der Waals surface area contributed by atoms with Crippen LogP contribution in [-0.4, -0.2) is 48.5 Å². The van der Waals surface area contributed by atoms with Crippen molar-refractivity contribution >= 4 is 50.0 Å². The molecule has 7 nitrogen and oxygen atoms in total. The number of rotatable bonds is 8. The maximum atomic E-state index is 13.7. The third kappa shape index (κ3) is 5.62. The van der Waals surface area contributed by atoms with Crippen LogP contribution in [0.1, 0.15) is 47.9 Å². The van der Waals surface area contributed by atoms with Crippen molar-refractivity contribution in [1.29, 1.82) is 0 Å². The number of sulfonamides is 1. The van der Waals surface area contributed by atoms with E-state index in [1.807, 2.05) is 13.0 Å². The molecule has 1 heterocycles. The van der Waals surface area contributed by atoms with Gasteiger partial charge in [0.05, 0.1) is 16.3 Å². The number of anilines is 1. The summed E-state index contributed by atoms with van der Waals surface area (Å²) in [6.07, 6.45) is 0.733. The minimum absolute atomic E-state index is 0.0268. The van der Waals surface area contributed by atoms with E-state index < -0.39 is 10.0 Å². The largest absolute Gasteiger partial charge is 0.295 e. The van der Waals surface area contributed by atoms with Gasteiger partial charge in [-0.25, -0.2) is 13.4 Å². The molecule has 0 aromatic heterocycles. The summed E-state index contributed by atoms with van der Waals surface area (Å²) < 4.78 is 28.3. The van der Waals surface area contributed by atoms with E-state index in [1.165, 1.54) is 35.1 Å². The zero-order chi connectivity index (χ0) is 26.6. The third-order valence-electron chi connectivity index (χ3n) is 6.17. The van der Waals surface area contributed by atoms with Gasteiger partial charge in [-0.05, 0) is 74.9 Å². The fraction of sp³-hybridized carbons (Fsp3) is 0.250. The average Bonchev–Trinajstić information content (AvgIpc) is 3.32. The van der Waals surface area contributed by atoms with Crippen LogP contribution in [0, 0.1) is 0 Å². The molecule has 1 atom stereocenters. The number of hydrogen-bond donors (Lipinski definition) is 0. The van der Waals surface area contributed by atoms with Gasteiger partial charge in [-0.2, -0.15) is 0 Å². The van der Waals surface area contributed by atoms with Crippen LogP contribution in [-0.2, 0) is 10.0 Å². The van der Waals surface area contributed by atoms with Gasteiger partial charge in [0.25, 0.3) is 15.9 Å². The molecule has 1 saturated heterocycles. The predicted octanol–water partition coefficient (Wildman–Crippen LogP) is 5.76. The molecule has 0 N–H and O–H groups in total. The fourth-order valence-corrected chi connectivity index (χ4v) is 6.92. The van der Waals surface area contributed by atoms with Crippen molar-refractivity contribution in [2.75, 3.05) is 16.6 Å². The van der Waals surface area contributed by atoms with Crippen LogP contribution >= 0.6 is 11.8 Å². The smallest absolute Gasteiger partial charge is 0.264 e. The SMILES string of the molecule is CCC1CSC(=Nc2ccc(C(C)=O)cc2)N1C(=O)c1cccc(S(=O)(=O)N(CC)c2ccccc2)c1. The van der Waals surface area contributed by atoms with E-state index in [9.17, 15) is 18.0 Å². The van der Waals surface area contributed by atoms with E-state index in [1.54, 1.807) is 72.5 Å². The van der Waals surface area contributed by atoms with Gasteiger partial charge in [-0.3, -0.25) is 18.8 Å². The molecule has 1 aliphatic rings. The summed E-state index contributed by atoms with van der Waals surface area (Å²) in [6.45, 7) is 5.55. The van der Waals surface area contributed by atoms with Gasteiger partial charge in [-0.1, -0.05) is 43.0 Å². The minimum Gasteiger partial charge on any atom is -0.295 e. The Labute approximate surface area is 222 Å². The summed E-state index contributed by atoms with van der Waals surface area (Å²) in [6, 6.07) is 22.0.